The molecule has 1 amide bonds. The van der Waals surface area contributed by atoms with Crippen LogP contribution in [0, 0.1) is 0 Å². The fraction of sp³-hybridized carbons (Fsp3) is 0.865. The second kappa shape index (κ2) is 28.3. The largest absolute Gasteiger partial charge is 0.394 e. The van der Waals surface area contributed by atoms with E-state index in [1.54, 1.807) is 0 Å². The molecule has 0 aromatic carbocycles. The van der Waals surface area contributed by atoms with Crippen LogP contribution in [0.25, 0.3) is 0 Å². The van der Waals surface area contributed by atoms with E-state index in [0.717, 1.165) is 70.6 Å². The van der Waals surface area contributed by atoms with Crippen molar-refractivity contribution in [3.63, 3.8) is 0 Å². The Labute approximate surface area is 289 Å². The molecule has 1 fully saturated rings. The van der Waals surface area contributed by atoms with Crippen molar-refractivity contribution in [2.75, 3.05) is 13.2 Å². The van der Waals surface area contributed by atoms with Gasteiger partial charge in [0.05, 0.1) is 25.4 Å². The van der Waals surface area contributed by atoms with E-state index in [2.05, 4.69) is 43.5 Å². The van der Waals surface area contributed by atoms with Gasteiger partial charge in [-0.1, -0.05) is 115 Å². The molecule has 0 radical (unpaired) electrons. The van der Waals surface area contributed by atoms with Crippen LogP contribution in [0.1, 0.15) is 136 Å². The molecule has 1 aliphatic heterocycles. The molecule has 1 rings (SSSR count). The predicted molar refractivity (Wildman–Crippen MR) is 187 cm³/mol. The zero-order valence-corrected chi connectivity index (χ0v) is 29.7. The summed E-state index contributed by atoms with van der Waals surface area (Å²) in [6.45, 7) is 3.26. The van der Waals surface area contributed by atoms with Gasteiger partial charge in [0, 0.05) is 0 Å². The summed E-state index contributed by atoms with van der Waals surface area (Å²) in [5.74, 6) is -0.714. The summed E-state index contributed by atoms with van der Waals surface area (Å²) in [5.41, 5.74) is 0. The molecule has 1 heterocycles. The maximum atomic E-state index is 12.9. The molecule has 8 N–H and O–H groups in total. The molecule has 0 spiro atoms. The molecule has 1 aliphatic rings. The molecule has 1 saturated heterocycles. The number of aliphatic hydroxyl groups is 7. The van der Waals surface area contributed by atoms with E-state index < -0.39 is 74.2 Å². The number of carbonyl (C=O) groups excluding carboxylic acids is 1. The van der Waals surface area contributed by atoms with Crippen LogP contribution in [0.4, 0.5) is 0 Å². The third-order valence-corrected chi connectivity index (χ3v) is 9.01. The highest BCUT2D eigenvalue weighted by Gasteiger charge is 2.44. The minimum Gasteiger partial charge on any atom is -0.394 e. The number of ether oxygens (including phenoxy) is 2. The Morgan fingerprint density at radius 3 is 1.90 bits per heavy atom. The number of nitrogens with one attached hydrogen (secondary N) is 1. The van der Waals surface area contributed by atoms with Crippen LogP contribution < -0.4 is 5.32 Å². The lowest BCUT2D eigenvalue weighted by molar-refractivity contribution is -0.303. The van der Waals surface area contributed by atoms with Gasteiger partial charge in [-0.25, -0.2) is 0 Å². The Morgan fingerprint density at radius 1 is 0.729 bits per heavy atom. The third kappa shape index (κ3) is 19.1. The molecule has 9 unspecified atom stereocenters. The SMILES string of the molecule is CCCCC/C=C\C/C=C\CCCCCCCCC(O)C(=O)NC(COC1OC(CO)C(O)C(O)C1O)C(O)C(O)CCCCCCC. The lowest BCUT2D eigenvalue weighted by Gasteiger charge is -2.40. The average molecular weight is 688 g/mol. The van der Waals surface area contributed by atoms with Crippen molar-refractivity contribution in [2.45, 2.75) is 191 Å². The lowest BCUT2D eigenvalue weighted by atomic mass is 9.98. The zero-order chi connectivity index (χ0) is 35.6. The predicted octanol–water partition coefficient (Wildman–Crippen LogP) is 3.93. The first-order valence-electron chi connectivity index (χ1n) is 18.7. The molecule has 0 saturated carbocycles. The van der Waals surface area contributed by atoms with Gasteiger partial charge in [-0.3, -0.25) is 4.79 Å². The number of carbonyl (C=O) groups is 1. The van der Waals surface area contributed by atoms with Crippen LogP contribution in [-0.2, 0) is 14.3 Å². The Bertz CT molecular complexity index is 841. The van der Waals surface area contributed by atoms with Crippen molar-refractivity contribution >= 4 is 5.91 Å². The topological polar surface area (TPSA) is 189 Å². The summed E-state index contributed by atoms with van der Waals surface area (Å²) < 4.78 is 11.0. The first-order chi connectivity index (χ1) is 23.2. The fourth-order valence-corrected chi connectivity index (χ4v) is 5.76. The van der Waals surface area contributed by atoms with Crippen molar-refractivity contribution in [3.05, 3.63) is 24.3 Å². The van der Waals surface area contributed by atoms with Crippen LogP contribution in [0.15, 0.2) is 24.3 Å². The number of rotatable bonds is 29. The summed E-state index contributed by atoms with van der Waals surface area (Å²) in [6, 6.07) is -1.17. The number of unbranched alkanes of at least 4 members (excludes halogenated alkanes) is 13. The van der Waals surface area contributed by atoms with Gasteiger partial charge in [-0.15, -0.1) is 0 Å². The van der Waals surface area contributed by atoms with E-state index in [0.29, 0.717) is 19.3 Å². The number of aliphatic hydroxyl groups excluding tert-OH is 7. The Balaban J connectivity index is 2.49. The number of hydrogen-bond donors (Lipinski definition) is 8. The van der Waals surface area contributed by atoms with Crippen LogP contribution in [-0.4, -0.2) is 110 Å². The normalized spacial score (nSPS) is 24.2. The molecular formula is C37H69NO10. The van der Waals surface area contributed by atoms with Crippen LogP contribution in [0.3, 0.4) is 0 Å². The monoisotopic (exact) mass is 687 g/mol. The molecule has 48 heavy (non-hydrogen) atoms. The van der Waals surface area contributed by atoms with Gasteiger partial charge in [0.2, 0.25) is 5.91 Å². The van der Waals surface area contributed by atoms with Crippen molar-refractivity contribution in [1.29, 1.82) is 0 Å². The first kappa shape index (κ1) is 44.6. The minimum atomic E-state index is -1.66. The number of hydrogen-bond acceptors (Lipinski definition) is 10. The second-order valence-corrected chi connectivity index (χ2v) is 13.3. The van der Waals surface area contributed by atoms with Crippen LogP contribution in [0.2, 0.25) is 0 Å². The summed E-state index contributed by atoms with van der Waals surface area (Å²) >= 11 is 0. The van der Waals surface area contributed by atoms with E-state index in [4.69, 9.17) is 9.47 Å². The highest BCUT2D eigenvalue weighted by molar-refractivity contribution is 5.80. The maximum Gasteiger partial charge on any atom is 0.249 e. The van der Waals surface area contributed by atoms with E-state index in [-0.39, 0.29) is 6.42 Å². The van der Waals surface area contributed by atoms with Gasteiger partial charge in [-0.2, -0.15) is 0 Å². The fourth-order valence-electron chi connectivity index (χ4n) is 5.76. The van der Waals surface area contributed by atoms with Gasteiger partial charge < -0.3 is 50.5 Å². The zero-order valence-electron chi connectivity index (χ0n) is 29.7. The quantitative estimate of drug-likeness (QED) is 0.0423. The molecule has 11 nitrogen and oxygen atoms in total. The second-order valence-electron chi connectivity index (χ2n) is 13.3. The molecule has 0 aromatic heterocycles. The Morgan fingerprint density at radius 2 is 1.27 bits per heavy atom. The average Bonchev–Trinajstić information content (AvgIpc) is 3.08. The van der Waals surface area contributed by atoms with Crippen molar-refractivity contribution in [3.8, 4) is 0 Å². The van der Waals surface area contributed by atoms with E-state index in [1.807, 2.05) is 0 Å². The van der Waals surface area contributed by atoms with Crippen molar-refractivity contribution < 1.29 is 50.0 Å². The molecule has 0 aromatic rings. The maximum absolute atomic E-state index is 12.9. The summed E-state index contributed by atoms with van der Waals surface area (Å²) in [6.07, 6.45) is 15.8. The molecule has 9 atom stereocenters. The molecule has 11 heteroatoms. The lowest BCUT2D eigenvalue weighted by Crippen LogP contribution is -2.60. The highest BCUT2D eigenvalue weighted by Crippen LogP contribution is 2.23. The first-order valence-corrected chi connectivity index (χ1v) is 18.7. The minimum absolute atomic E-state index is 0.247. The summed E-state index contributed by atoms with van der Waals surface area (Å²) in [7, 11) is 0. The van der Waals surface area contributed by atoms with E-state index in [9.17, 15) is 40.5 Å². The summed E-state index contributed by atoms with van der Waals surface area (Å²) in [4.78, 5) is 12.9. The smallest absolute Gasteiger partial charge is 0.249 e. The highest BCUT2D eigenvalue weighted by atomic mass is 16.7. The Kier molecular flexibility index (Phi) is 26.3. The van der Waals surface area contributed by atoms with E-state index >= 15 is 0 Å². The summed E-state index contributed by atoms with van der Waals surface area (Å²) in [5, 5.41) is 74.7. The standard InChI is InChI=1S/C37H69NO10/c1-3-5-7-9-10-11-12-13-14-15-16-17-18-19-21-23-25-30(41)36(46)38-28(32(42)29(40)24-22-20-8-6-4-2)27-47-37-35(45)34(44)33(43)31(26-39)48-37/h10-11,13-14,28-35,37,39-45H,3-9,12,15-27H2,1-2H3,(H,38,46)/b11-10-,14-13-. The van der Waals surface area contributed by atoms with Gasteiger partial charge in [0.15, 0.2) is 6.29 Å². The molecular weight excluding hydrogens is 618 g/mol. The van der Waals surface area contributed by atoms with Crippen molar-refractivity contribution in [2.24, 2.45) is 0 Å². The van der Waals surface area contributed by atoms with Gasteiger partial charge in [0.25, 0.3) is 0 Å². The van der Waals surface area contributed by atoms with Gasteiger partial charge in [0.1, 0.15) is 36.6 Å². The number of amides is 1. The van der Waals surface area contributed by atoms with Crippen LogP contribution >= 0.6 is 0 Å². The Hall–Kier alpha value is -1.41. The van der Waals surface area contributed by atoms with Crippen LogP contribution in [0.5, 0.6) is 0 Å². The molecule has 282 valence electrons. The molecule has 0 bridgehead atoms. The van der Waals surface area contributed by atoms with Gasteiger partial charge in [-0.05, 0) is 44.9 Å². The van der Waals surface area contributed by atoms with Gasteiger partial charge >= 0.3 is 0 Å². The molecule has 0 aliphatic carbocycles. The third-order valence-electron chi connectivity index (χ3n) is 9.01. The van der Waals surface area contributed by atoms with E-state index in [1.165, 1.54) is 25.7 Å². The van der Waals surface area contributed by atoms with Crippen molar-refractivity contribution in [1.82, 2.24) is 5.32 Å². The number of allylic oxidation sites excluding steroid dienone is 4.